The van der Waals surface area contributed by atoms with E-state index < -0.39 is 36.0 Å². The van der Waals surface area contributed by atoms with Crippen molar-refractivity contribution >= 4 is 0 Å². The Labute approximate surface area is 145 Å². The largest absolute Gasteiger partial charge is 0.494 e. The average molecular weight is 379 g/mol. The summed E-state index contributed by atoms with van der Waals surface area (Å²) in [7, 11) is 2.76. The summed E-state index contributed by atoms with van der Waals surface area (Å²) in [5.41, 5.74) is 0.546. The van der Waals surface area contributed by atoms with E-state index in [9.17, 15) is 26.3 Å². The Bertz CT molecular complexity index is 769. The average Bonchev–Trinajstić information content (AvgIpc) is 2.56. The third kappa shape index (κ3) is 4.40. The van der Waals surface area contributed by atoms with Crippen molar-refractivity contribution in [1.29, 1.82) is 0 Å². The quantitative estimate of drug-likeness (QED) is 0.718. The first-order valence-electron chi connectivity index (χ1n) is 7.34. The van der Waals surface area contributed by atoms with Crippen LogP contribution in [0.1, 0.15) is 17.2 Å². The molecule has 9 heteroatoms. The molecule has 2 aromatic carbocycles. The molecule has 0 amide bonds. The van der Waals surface area contributed by atoms with Gasteiger partial charge < -0.3 is 14.8 Å². The maximum absolute atomic E-state index is 13.8. The molecule has 0 radical (unpaired) electrons. The summed E-state index contributed by atoms with van der Waals surface area (Å²) in [6.07, 6.45) is -8.84. The van der Waals surface area contributed by atoms with Gasteiger partial charge in [-0.1, -0.05) is 6.07 Å². The van der Waals surface area contributed by atoms with Gasteiger partial charge in [-0.05, 0) is 42.4 Å². The second-order valence-corrected chi connectivity index (χ2v) is 5.30. The lowest BCUT2D eigenvalue weighted by atomic mass is 9.98. The maximum Gasteiger partial charge on any atom is 0.461 e. The summed E-state index contributed by atoms with van der Waals surface area (Å²) in [5.74, 6) is -2.41. The number of alkyl halides is 4. The van der Waals surface area contributed by atoms with Crippen molar-refractivity contribution in [2.75, 3.05) is 14.2 Å². The lowest BCUT2D eigenvalue weighted by Gasteiger charge is -2.21. The number of rotatable bonds is 7. The van der Waals surface area contributed by atoms with Gasteiger partial charge in [0.1, 0.15) is 11.6 Å². The highest BCUT2D eigenvalue weighted by Gasteiger charge is 2.44. The van der Waals surface area contributed by atoms with Crippen LogP contribution in [0, 0.1) is 11.6 Å². The zero-order chi connectivity index (χ0) is 19.5. The minimum absolute atomic E-state index is 0.0696. The van der Waals surface area contributed by atoms with Gasteiger partial charge in [-0.3, -0.25) is 0 Å². The predicted molar refractivity (Wildman–Crippen MR) is 81.8 cm³/mol. The Kier molecular flexibility index (Phi) is 6.01. The lowest BCUT2D eigenvalue weighted by Crippen LogP contribution is -2.33. The lowest BCUT2D eigenvalue weighted by molar-refractivity contribution is -0.253. The highest BCUT2D eigenvalue weighted by molar-refractivity contribution is 5.40. The van der Waals surface area contributed by atoms with Crippen molar-refractivity contribution in [2.45, 2.75) is 18.6 Å². The molecular weight excluding hydrogens is 364 g/mol. The Morgan fingerprint density at radius 1 is 1.00 bits per heavy atom. The number of nitrogens with one attached hydrogen (secondary N) is 1. The van der Waals surface area contributed by atoms with Crippen molar-refractivity contribution in [3.05, 3.63) is 59.2 Å². The Morgan fingerprint density at radius 3 is 2.27 bits per heavy atom. The van der Waals surface area contributed by atoms with Crippen LogP contribution in [-0.4, -0.2) is 26.7 Å². The van der Waals surface area contributed by atoms with Gasteiger partial charge in [0.2, 0.25) is 0 Å². The second kappa shape index (κ2) is 7.86. The summed E-state index contributed by atoms with van der Waals surface area (Å²) in [6.45, 7) is 0. The van der Waals surface area contributed by atoms with Crippen molar-refractivity contribution in [1.82, 2.24) is 5.32 Å². The van der Waals surface area contributed by atoms with Crippen LogP contribution in [0.15, 0.2) is 36.4 Å². The normalized spacial score (nSPS) is 13.0. The minimum Gasteiger partial charge on any atom is -0.494 e. The van der Waals surface area contributed by atoms with Crippen molar-refractivity contribution < 1.29 is 35.8 Å². The van der Waals surface area contributed by atoms with Gasteiger partial charge in [0.15, 0.2) is 11.6 Å². The molecule has 0 heterocycles. The van der Waals surface area contributed by atoms with Gasteiger partial charge >= 0.3 is 12.5 Å². The number of hydrogen-bond acceptors (Lipinski definition) is 3. The van der Waals surface area contributed by atoms with Crippen LogP contribution in [0.2, 0.25) is 0 Å². The van der Waals surface area contributed by atoms with Crippen LogP contribution in [0.4, 0.5) is 26.3 Å². The van der Waals surface area contributed by atoms with Crippen LogP contribution >= 0.6 is 0 Å². The molecule has 0 saturated carbocycles. The molecule has 0 aliphatic carbocycles. The summed E-state index contributed by atoms with van der Waals surface area (Å²) >= 11 is 0. The smallest absolute Gasteiger partial charge is 0.461 e. The number of benzene rings is 2. The molecular formula is C17H15F6NO2. The molecule has 0 aliphatic heterocycles. The number of hydrogen-bond donors (Lipinski definition) is 1. The zero-order valence-corrected chi connectivity index (χ0v) is 13.7. The van der Waals surface area contributed by atoms with E-state index in [1.165, 1.54) is 26.3 Å². The van der Waals surface area contributed by atoms with E-state index in [-0.39, 0.29) is 11.3 Å². The van der Waals surface area contributed by atoms with Crippen LogP contribution in [-0.2, 0) is 0 Å². The fourth-order valence-electron chi connectivity index (χ4n) is 2.39. The molecule has 1 N–H and O–H groups in total. The van der Waals surface area contributed by atoms with Gasteiger partial charge in [0, 0.05) is 6.07 Å². The summed E-state index contributed by atoms with van der Waals surface area (Å²) in [6, 6.07) is 5.68. The van der Waals surface area contributed by atoms with Crippen molar-refractivity contribution in [2.24, 2.45) is 0 Å². The zero-order valence-electron chi connectivity index (χ0n) is 13.7. The van der Waals surface area contributed by atoms with Crippen molar-refractivity contribution in [3.8, 4) is 11.5 Å². The van der Waals surface area contributed by atoms with Gasteiger partial charge in [-0.15, -0.1) is 0 Å². The fourth-order valence-corrected chi connectivity index (χ4v) is 2.39. The van der Waals surface area contributed by atoms with E-state index in [2.05, 4.69) is 10.1 Å². The van der Waals surface area contributed by atoms with E-state index in [4.69, 9.17) is 4.74 Å². The van der Waals surface area contributed by atoms with E-state index >= 15 is 0 Å². The molecule has 0 aromatic heterocycles. The second-order valence-electron chi connectivity index (χ2n) is 5.30. The van der Waals surface area contributed by atoms with E-state index in [0.717, 1.165) is 18.2 Å². The molecule has 0 bridgehead atoms. The summed E-state index contributed by atoms with van der Waals surface area (Å²) in [5, 5.41) is 2.81. The first-order chi connectivity index (χ1) is 12.2. The Morgan fingerprint density at radius 2 is 1.69 bits per heavy atom. The minimum atomic E-state index is -4.76. The van der Waals surface area contributed by atoms with E-state index in [1.807, 2.05) is 0 Å². The molecule has 0 spiro atoms. The highest BCUT2D eigenvalue weighted by atomic mass is 19.3. The Balaban J connectivity index is 2.42. The van der Waals surface area contributed by atoms with Gasteiger partial charge in [-0.2, -0.15) is 17.6 Å². The number of halogens is 6. The summed E-state index contributed by atoms with van der Waals surface area (Å²) < 4.78 is 86.9. The standard InChI is InChI=1S/C17H15F6NO2/c1-24-15(9-3-4-13(19)14(7-9)25-2)10-5-11(18)8-12(6-10)26-17(22,23)16(20)21/h3-8,15-16,24H,1-2H3. The van der Waals surface area contributed by atoms with Crippen LogP contribution < -0.4 is 14.8 Å². The van der Waals surface area contributed by atoms with Gasteiger partial charge in [0.25, 0.3) is 0 Å². The third-order valence-corrected chi connectivity index (χ3v) is 3.53. The molecule has 1 atom stereocenters. The Hall–Kier alpha value is -2.42. The number of methoxy groups -OCH3 is 1. The van der Waals surface area contributed by atoms with E-state index in [1.54, 1.807) is 0 Å². The third-order valence-electron chi connectivity index (χ3n) is 3.53. The molecule has 0 fully saturated rings. The van der Waals surface area contributed by atoms with Gasteiger partial charge in [-0.25, -0.2) is 8.78 Å². The molecule has 0 aliphatic rings. The van der Waals surface area contributed by atoms with Crippen molar-refractivity contribution in [3.63, 3.8) is 0 Å². The summed E-state index contributed by atoms with van der Waals surface area (Å²) in [4.78, 5) is 0. The SMILES string of the molecule is CNC(c1cc(F)cc(OC(F)(F)C(F)F)c1)c1ccc(F)c(OC)c1. The number of ether oxygens (including phenoxy) is 2. The molecule has 1 unspecified atom stereocenters. The molecule has 2 rings (SSSR count). The first kappa shape index (κ1) is 19.9. The predicted octanol–water partition coefficient (Wildman–Crippen LogP) is 4.52. The fraction of sp³-hybridized carbons (Fsp3) is 0.294. The molecule has 142 valence electrons. The van der Waals surface area contributed by atoms with Crippen LogP contribution in [0.5, 0.6) is 11.5 Å². The topological polar surface area (TPSA) is 30.5 Å². The molecule has 3 nitrogen and oxygen atoms in total. The first-order valence-corrected chi connectivity index (χ1v) is 7.34. The van der Waals surface area contributed by atoms with E-state index in [0.29, 0.717) is 11.6 Å². The monoisotopic (exact) mass is 379 g/mol. The van der Waals surface area contributed by atoms with Crippen LogP contribution in [0.25, 0.3) is 0 Å². The highest BCUT2D eigenvalue weighted by Crippen LogP contribution is 2.32. The maximum atomic E-state index is 13.8. The molecule has 0 saturated heterocycles. The van der Waals surface area contributed by atoms with Crippen LogP contribution in [0.3, 0.4) is 0 Å². The molecule has 26 heavy (non-hydrogen) atoms. The van der Waals surface area contributed by atoms with Gasteiger partial charge in [0.05, 0.1) is 13.2 Å². The molecule has 2 aromatic rings.